The fourth-order valence-corrected chi connectivity index (χ4v) is 7.97. The normalized spacial score (nSPS) is 43.5. The minimum atomic E-state index is -2.33. The summed E-state index contributed by atoms with van der Waals surface area (Å²) in [5, 5.41) is 118. The van der Waals surface area contributed by atoms with Gasteiger partial charge in [0.1, 0.15) is 18.1 Å². The Bertz CT molecular complexity index is 1670. The molecule has 368 valence electrons. The number of hydrogen-bond donors (Lipinski definition) is 12. The van der Waals surface area contributed by atoms with Crippen molar-refractivity contribution in [3.63, 3.8) is 0 Å². The second-order valence-electron chi connectivity index (χ2n) is 17.6. The summed E-state index contributed by atoms with van der Waals surface area (Å²) < 4.78 is 23.1. The highest BCUT2D eigenvalue weighted by Gasteiger charge is 2.51. The first-order valence-electron chi connectivity index (χ1n) is 22.3. The number of carboxylic acid groups (broad SMARTS) is 1. The predicted octanol–water partition coefficient (Wildman–Crippen LogP) is 0.712. The molecule has 3 aliphatic heterocycles. The lowest BCUT2D eigenvalue weighted by Gasteiger charge is -2.45. The van der Waals surface area contributed by atoms with E-state index in [1.807, 2.05) is 19.1 Å². The third-order valence-electron chi connectivity index (χ3n) is 12.0. The van der Waals surface area contributed by atoms with E-state index in [0.717, 1.165) is 0 Å². The molecule has 0 aliphatic carbocycles. The van der Waals surface area contributed by atoms with E-state index in [-0.39, 0.29) is 31.6 Å². The van der Waals surface area contributed by atoms with Crippen LogP contribution in [0.15, 0.2) is 85.1 Å². The number of hydrogen-bond acceptors (Lipinski definition) is 17. The first-order valence-corrected chi connectivity index (χ1v) is 22.3. The number of allylic oxidation sites excluding steroid dienone is 12. The molecule has 13 N–H and O–H groups in total. The summed E-state index contributed by atoms with van der Waals surface area (Å²) in [6.45, 7) is 6.74. The van der Waals surface area contributed by atoms with Crippen LogP contribution in [0.4, 0.5) is 0 Å². The predicted molar refractivity (Wildman–Crippen MR) is 237 cm³/mol. The number of nitrogens with two attached hydrogens (primary N) is 1. The van der Waals surface area contributed by atoms with Gasteiger partial charge < -0.3 is 80.9 Å². The topological polar surface area (TPSA) is 320 Å². The summed E-state index contributed by atoms with van der Waals surface area (Å²) in [4.78, 5) is 25.1. The van der Waals surface area contributed by atoms with E-state index in [2.05, 4.69) is 0 Å². The molecule has 0 aromatic heterocycles. The lowest BCUT2D eigenvalue weighted by Crippen LogP contribution is -2.61. The highest BCUT2D eigenvalue weighted by atomic mass is 16.7. The van der Waals surface area contributed by atoms with Gasteiger partial charge in [0.05, 0.1) is 79.6 Å². The Morgan fingerprint density at radius 1 is 0.662 bits per heavy atom. The molecule has 2 bridgehead atoms. The smallest absolute Gasteiger partial charge is 0.311 e. The van der Waals surface area contributed by atoms with Gasteiger partial charge in [-0.3, -0.25) is 9.59 Å². The maximum Gasteiger partial charge on any atom is 0.311 e. The number of ether oxygens (including phenoxy) is 4. The molecular weight excluding hydrogens is 851 g/mol. The summed E-state index contributed by atoms with van der Waals surface area (Å²) >= 11 is 0. The molecule has 0 saturated carbocycles. The van der Waals surface area contributed by atoms with Crippen molar-refractivity contribution in [3.8, 4) is 0 Å². The van der Waals surface area contributed by atoms with Crippen molar-refractivity contribution in [2.75, 3.05) is 0 Å². The lowest BCUT2D eigenvalue weighted by atomic mass is 9.82. The Morgan fingerprint density at radius 3 is 1.82 bits per heavy atom. The van der Waals surface area contributed by atoms with Crippen molar-refractivity contribution < 1.29 is 84.7 Å². The molecule has 0 amide bonds. The first kappa shape index (κ1) is 55.9. The van der Waals surface area contributed by atoms with Gasteiger partial charge in [0.2, 0.25) is 0 Å². The van der Waals surface area contributed by atoms with Gasteiger partial charge >= 0.3 is 11.9 Å². The average Bonchev–Trinajstić information content (AvgIpc) is 3.21. The SMILES string of the molecule is C[C@H]1[C@@H](O)[C@@H](C)\C=C/C=C\C=C/C=CC=CC=CC=C[C@@H](O[C@H]2O[C@@H](C)[C@@H](O)[C@@H](N)[C@@H]2O)C[C@@H]2O[C@](O)(C[C@@H](O)C[C@@H](O)[C@@H](O)CC[C@@H](O)C[C@@H](O)CC(=O)O[C@H]1C)C[C@@H](O)[C@H]2C(=O)O. The van der Waals surface area contributed by atoms with Crippen molar-refractivity contribution in [1.82, 2.24) is 0 Å². The minimum absolute atomic E-state index is 0.107. The summed E-state index contributed by atoms with van der Waals surface area (Å²) in [6, 6.07) is -1.15. The van der Waals surface area contributed by atoms with E-state index in [9.17, 15) is 65.8 Å². The molecular formula is C47H73NO17. The van der Waals surface area contributed by atoms with Crippen molar-refractivity contribution in [2.24, 2.45) is 23.5 Å². The van der Waals surface area contributed by atoms with Crippen LogP contribution in [0.2, 0.25) is 0 Å². The van der Waals surface area contributed by atoms with Gasteiger partial charge in [-0.15, -0.1) is 0 Å². The van der Waals surface area contributed by atoms with Crippen molar-refractivity contribution in [3.05, 3.63) is 85.1 Å². The fraction of sp³-hybridized carbons (Fsp3) is 0.660. The van der Waals surface area contributed by atoms with E-state index in [0.29, 0.717) is 0 Å². The maximum absolute atomic E-state index is 12.6. The minimum Gasteiger partial charge on any atom is -0.481 e. The number of carboxylic acids is 1. The molecule has 18 heteroatoms. The molecule has 18 nitrogen and oxygen atoms in total. The number of rotatable bonds is 3. The van der Waals surface area contributed by atoms with E-state index < -0.39 is 147 Å². The zero-order chi connectivity index (χ0) is 48.4. The average molecular weight is 924 g/mol. The van der Waals surface area contributed by atoms with Gasteiger partial charge in [0.25, 0.3) is 0 Å². The van der Waals surface area contributed by atoms with Crippen LogP contribution in [0.1, 0.15) is 79.1 Å². The van der Waals surface area contributed by atoms with Crippen molar-refractivity contribution >= 4 is 11.9 Å². The zero-order valence-electron chi connectivity index (χ0n) is 37.6. The number of aliphatic carboxylic acids is 1. The van der Waals surface area contributed by atoms with Gasteiger partial charge in [-0.1, -0.05) is 98.9 Å². The Hall–Kier alpha value is -3.44. The molecule has 19 atom stereocenters. The van der Waals surface area contributed by atoms with Crippen LogP contribution in [0.5, 0.6) is 0 Å². The van der Waals surface area contributed by atoms with Crippen LogP contribution < -0.4 is 5.73 Å². The number of aliphatic hydroxyl groups excluding tert-OH is 9. The van der Waals surface area contributed by atoms with Crippen LogP contribution in [0.3, 0.4) is 0 Å². The molecule has 2 saturated heterocycles. The molecule has 0 radical (unpaired) electrons. The molecule has 3 aliphatic rings. The summed E-state index contributed by atoms with van der Waals surface area (Å²) in [5.74, 6) is -6.83. The summed E-state index contributed by atoms with van der Waals surface area (Å²) in [5.41, 5.74) is 6.02. The second-order valence-corrected chi connectivity index (χ2v) is 17.6. The molecule has 0 unspecified atom stereocenters. The highest BCUT2D eigenvalue weighted by molar-refractivity contribution is 5.71. The van der Waals surface area contributed by atoms with E-state index in [1.54, 1.807) is 80.7 Å². The van der Waals surface area contributed by atoms with Crippen molar-refractivity contribution in [2.45, 2.75) is 177 Å². The number of cyclic esters (lactones) is 1. The number of fused-ring (bicyclic) bond motifs is 2. The third kappa shape index (κ3) is 18.6. The van der Waals surface area contributed by atoms with E-state index in [4.69, 9.17) is 24.7 Å². The van der Waals surface area contributed by atoms with Crippen molar-refractivity contribution in [1.29, 1.82) is 0 Å². The molecule has 65 heavy (non-hydrogen) atoms. The molecule has 0 aromatic carbocycles. The van der Waals surface area contributed by atoms with Crippen LogP contribution in [0.25, 0.3) is 0 Å². The Kier molecular flexibility index (Phi) is 23.6. The van der Waals surface area contributed by atoms with E-state index in [1.165, 1.54) is 13.0 Å². The fourth-order valence-electron chi connectivity index (χ4n) is 7.97. The molecule has 3 rings (SSSR count). The van der Waals surface area contributed by atoms with Crippen LogP contribution >= 0.6 is 0 Å². The molecule has 0 aromatic rings. The lowest BCUT2D eigenvalue weighted by molar-refractivity contribution is -0.308. The maximum atomic E-state index is 12.6. The van der Waals surface area contributed by atoms with Crippen LogP contribution in [-0.4, -0.2) is 166 Å². The van der Waals surface area contributed by atoms with E-state index >= 15 is 0 Å². The molecule has 0 spiro atoms. The number of carbonyl (C=O) groups excluding carboxylic acids is 1. The number of esters is 1. The highest BCUT2D eigenvalue weighted by Crippen LogP contribution is 2.38. The Labute approximate surface area is 381 Å². The number of carbonyl (C=O) groups is 2. The van der Waals surface area contributed by atoms with Gasteiger partial charge in [0, 0.05) is 37.5 Å². The molecule has 2 fully saturated rings. The zero-order valence-corrected chi connectivity index (χ0v) is 37.6. The van der Waals surface area contributed by atoms with Crippen LogP contribution in [0, 0.1) is 17.8 Å². The quantitative estimate of drug-likeness (QED) is 0.174. The van der Waals surface area contributed by atoms with Gasteiger partial charge in [-0.2, -0.15) is 0 Å². The number of aliphatic hydroxyl groups is 10. The third-order valence-corrected chi connectivity index (χ3v) is 12.0. The van der Waals surface area contributed by atoms with Crippen LogP contribution in [-0.2, 0) is 28.5 Å². The van der Waals surface area contributed by atoms with Gasteiger partial charge in [0.15, 0.2) is 12.1 Å². The largest absolute Gasteiger partial charge is 0.481 e. The van der Waals surface area contributed by atoms with Gasteiger partial charge in [-0.05, 0) is 33.1 Å². The summed E-state index contributed by atoms with van der Waals surface area (Å²) in [6.07, 6.45) is 3.46. The Morgan fingerprint density at radius 2 is 1.23 bits per heavy atom. The molecule has 3 heterocycles. The second kappa shape index (κ2) is 27.4. The first-order chi connectivity index (χ1) is 30.6. The summed E-state index contributed by atoms with van der Waals surface area (Å²) in [7, 11) is 0. The standard InChI is InChI=1S/C47H73NO17/c1-27-17-15-13-11-9-7-5-6-8-10-12-14-16-18-34(64-46-44(58)41(48)43(57)30(4)63-46)24-38-40(45(59)60)37(54)26-47(61,65-38)25-33(51)22-36(53)35(52)20-19-31(49)21-32(50)23-39(55)62-29(3)28(2)42(27)56/h5-18,27-38,40-44,46,49-54,56-58,61H,19-26,48H2,1-4H3,(H,59,60)/b6-5?,9-7-,10-8?,13-11-,14-12?,17-15-,18-16?/t27-,28+,29-,30-,31+,32+,33-,34+,35-,36+,37+,38-,40+,41+,42-,43+,44-,46+,47+/m0/s1. The Balaban J connectivity index is 1.86. The monoisotopic (exact) mass is 923 g/mol. The van der Waals surface area contributed by atoms with Gasteiger partial charge in [-0.25, -0.2) is 0 Å².